The predicted octanol–water partition coefficient (Wildman–Crippen LogP) is 6.47. The van der Waals surface area contributed by atoms with Gasteiger partial charge in [0.1, 0.15) is 17.2 Å². The summed E-state index contributed by atoms with van der Waals surface area (Å²) in [6.07, 6.45) is 1.72. The number of rotatable bonds is 8. The van der Waals surface area contributed by atoms with E-state index in [-0.39, 0.29) is 49.5 Å². The van der Waals surface area contributed by atoms with Crippen LogP contribution in [0.15, 0.2) is 46.9 Å². The van der Waals surface area contributed by atoms with Gasteiger partial charge in [-0.25, -0.2) is 13.6 Å². The standard InChI is InChI=1S/C31H39BrF2N2O5/c1-31(2,3)41-30(38)36(17-22-8-11-24(32)16-28(22)34)25-12-9-21(10-13-25)29(37)35-14-15-40-26(18-35)20-39-19-23-6-4-5-7-27(23)33/h4-8,11,16,21,25-26H,9-10,12-15,17-20H2,1-3H3/t21?,25?,26-/m0/s1. The van der Waals surface area contributed by atoms with Crippen molar-refractivity contribution in [2.24, 2.45) is 5.92 Å². The molecule has 1 saturated carbocycles. The molecule has 0 bridgehead atoms. The van der Waals surface area contributed by atoms with E-state index in [9.17, 15) is 18.4 Å². The van der Waals surface area contributed by atoms with Gasteiger partial charge in [0.25, 0.3) is 0 Å². The average molecular weight is 638 g/mol. The van der Waals surface area contributed by atoms with Crippen molar-refractivity contribution in [1.29, 1.82) is 0 Å². The van der Waals surface area contributed by atoms with E-state index < -0.39 is 17.5 Å². The Morgan fingerprint density at radius 2 is 1.78 bits per heavy atom. The Hall–Kier alpha value is -2.56. The number of ether oxygens (including phenoxy) is 3. The number of morpholine rings is 1. The normalized spacial score (nSPS) is 21.4. The number of amides is 2. The topological polar surface area (TPSA) is 68.3 Å². The highest BCUT2D eigenvalue weighted by molar-refractivity contribution is 9.10. The predicted molar refractivity (Wildman–Crippen MR) is 154 cm³/mol. The summed E-state index contributed by atoms with van der Waals surface area (Å²) in [6, 6.07) is 11.1. The average Bonchev–Trinajstić information content (AvgIpc) is 2.93. The molecule has 0 spiro atoms. The Labute approximate surface area is 249 Å². The maximum Gasteiger partial charge on any atom is 0.410 e. The van der Waals surface area contributed by atoms with Crippen LogP contribution >= 0.6 is 15.9 Å². The Kier molecular flexibility index (Phi) is 10.8. The minimum Gasteiger partial charge on any atom is -0.444 e. The van der Waals surface area contributed by atoms with E-state index in [1.807, 2.05) is 4.90 Å². The monoisotopic (exact) mass is 636 g/mol. The van der Waals surface area contributed by atoms with Crippen LogP contribution in [0.4, 0.5) is 13.6 Å². The van der Waals surface area contributed by atoms with Gasteiger partial charge in [0, 0.05) is 40.6 Å². The SMILES string of the molecule is CC(C)(C)OC(=O)N(Cc1ccc(Br)cc1F)C1CCC(C(=O)N2CCO[C@H](COCc3ccccc3F)C2)CC1. The number of hydrogen-bond acceptors (Lipinski definition) is 5. The lowest BCUT2D eigenvalue weighted by molar-refractivity contribution is -0.147. The van der Waals surface area contributed by atoms with Crippen LogP contribution in [0.5, 0.6) is 0 Å². The van der Waals surface area contributed by atoms with E-state index in [1.165, 1.54) is 12.1 Å². The van der Waals surface area contributed by atoms with E-state index in [1.54, 1.807) is 56.0 Å². The zero-order chi connectivity index (χ0) is 29.6. The summed E-state index contributed by atoms with van der Waals surface area (Å²) < 4.78 is 46.3. The molecular weight excluding hydrogens is 598 g/mol. The molecule has 41 heavy (non-hydrogen) atoms. The molecule has 4 rings (SSSR count). The van der Waals surface area contributed by atoms with Gasteiger partial charge >= 0.3 is 6.09 Å². The fourth-order valence-electron chi connectivity index (χ4n) is 5.33. The molecule has 1 aliphatic heterocycles. The zero-order valence-corrected chi connectivity index (χ0v) is 25.5. The summed E-state index contributed by atoms with van der Waals surface area (Å²) in [6.45, 7) is 7.26. The maximum atomic E-state index is 14.7. The van der Waals surface area contributed by atoms with E-state index >= 15 is 0 Å². The van der Waals surface area contributed by atoms with Crippen LogP contribution in [0, 0.1) is 17.6 Å². The number of carbonyl (C=O) groups is 2. The summed E-state index contributed by atoms with van der Waals surface area (Å²) in [5.74, 6) is -0.781. The molecular formula is C31H39BrF2N2O5. The molecule has 2 aromatic carbocycles. The molecule has 2 fully saturated rings. The maximum absolute atomic E-state index is 14.7. The molecule has 7 nitrogen and oxygen atoms in total. The second-order valence-corrected chi connectivity index (χ2v) is 12.6. The molecule has 2 aromatic rings. The summed E-state index contributed by atoms with van der Waals surface area (Å²) in [7, 11) is 0. The van der Waals surface area contributed by atoms with E-state index in [0.717, 1.165) is 0 Å². The van der Waals surface area contributed by atoms with Gasteiger partial charge in [-0.15, -0.1) is 0 Å². The van der Waals surface area contributed by atoms with Crippen molar-refractivity contribution in [2.45, 2.75) is 77.4 Å². The fraction of sp³-hybridized carbons (Fsp3) is 0.548. The molecule has 1 heterocycles. The third-order valence-electron chi connectivity index (χ3n) is 7.44. The summed E-state index contributed by atoms with van der Waals surface area (Å²) in [4.78, 5) is 30.0. The van der Waals surface area contributed by atoms with Gasteiger partial charge in [0.15, 0.2) is 0 Å². The first-order valence-corrected chi connectivity index (χ1v) is 14.9. The van der Waals surface area contributed by atoms with Crippen LogP contribution in [0.2, 0.25) is 0 Å². The molecule has 224 valence electrons. The first kappa shape index (κ1) is 31.4. The van der Waals surface area contributed by atoms with Gasteiger partial charge < -0.3 is 24.0 Å². The van der Waals surface area contributed by atoms with Crippen LogP contribution in [-0.2, 0) is 32.2 Å². The van der Waals surface area contributed by atoms with Crippen molar-refractivity contribution in [2.75, 3.05) is 26.3 Å². The molecule has 1 saturated heterocycles. The highest BCUT2D eigenvalue weighted by Crippen LogP contribution is 2.32. The molecule has 1 atom stereocenters. The number of halogens is 3. The molecule has 2 amide bonds. The van der Waals surface area contributed by atoms with Crippen molar-refractivity contribution in [3.63, 3.8) is 0 Å². The molecule has 2 aliphatic rings. The van der Waals surface area contributed by atoms with Crippen LogP contribution in [0.25, 0.3) is 0 Å². The molecule has 0 unspecified atom stereocenters. The van der Waals surface area contributed by atoms with Gasteiger partial charge in [-0.3, -0.25) is 4.79 Å². The molecule has 10 heteroatoms. The largest absolute Gasteiger partial charge is 0.444 e. The second kappa shape index (κ2) is 14.1. The number of benzene rings is 2. The second-order valence-electron chi connectivity index (χ2n) is 11.7. The van der Waals surface area contributed by atoms with E-state index in [0.29, 0.717) is 61.0 Å². The quantitative estimate of drug-likeness (QED) is 0.332. The summed E-state index contributed by atoms with van der Waals surface area (Å²) >= 11 is 3.28. The number of hydrogen-bond donors (Lipinski definition) is 0. The van der Waals surface area contributed by atoms with Crippen LogP contribution in [0.1, 0.15) is 57.6 Å². The lowest BCUT2D eigenvalue weighted by Crippen LogP contribution is -2.50. The van der Waals surface area contributed by atoms with Crippen LogP contribution in [-0.4, -0.2) is 65.9 Å². The Morgan fingerprint density at radius 3 is 2.46 bits per heavy atom. The summed E-state index contributed by atoms with van der Waals surface area (Å²) in [5.41, 5.74) is 0.206. The van der Waals surface area contributed by atoms with Gasteiger partial charge in [-0.05, 0) is 64.7 Å². The van der Waals surface area contributed by atoms with Gasteiger partial charge in [0.2, 0.25) is 5.91 Å². The first-order chi connectivity index (χ1) is 19.5. The van der Waals surface area contributed by atoms with Gasteiger partial charge in [-0.2, -0.15) is 0 Å². The lowest BCUT2D eigenvalue weighted by Gasteiger charge is -2.39. The minimum atomic E-state index is -0.688. The Morgan fingerprint density at radius 1 is 1.05 bits per heavy atom. The molecule has 1 aliphatic carbocycles. The summed E-state index contributed by atoms with van der Waals surface area (Å²) in [5, 5.41) is 0. The zero-order valence-electron chi connectivity index (χ0n) is 23.9. The molecule has 0 N–H and O–H groups in total. The minimum absolute atomic E-state index is 0.0774. The Bertz CT molecular complexity index is 1200. The fourth-order valence-corrected chi connectivity index (χ4v) is 5.66. The van der Waals surface area contributed by atoms with Crippen molar-refractivity contribution >= 4 is 27.9 Å². The first-order valence-electron chi connectivity index (χ1n) is 14.1. The number of nitrogens with zero attached hydrogens (tertiary/aromatic N) is 2. The van der Waals surface area contributed by atoms with Crippen molar-refractivity contribution < 1.29 is 32.6 Å². The highest BCUT2D eigenvalue weighted by Gasteiger charge is 2.36. The molecule has 0 aromatic heterocycles. The number of carbonyl (C=O) groups excluding carboxylic acids is 2. The smallest absolute Gasteiger partial charge is 0.410 e. The van der Waals surface area contributed by atoms with Gasteiger partial charge in [-0.1, -0.05) is 40.2 Å². The third kappa shape index (κ3) is 8.96. The van der Waals surface area contributed by atoms with E-state index in [4.69, 9.17) is 14.2 Å². The van der Waals surface area contributed by atoms with Crippen molar-refractivity contribution in [3.8, 4) is 0 Å². The highest BCUT2D eigenvalue weighted by atomic mass is 79.9. The Balaban J connectivity index is 1.32. The van der Waals surface area contributed by atoms with Crippen molar-refractivity contribution in [3.05, 3.63) is 69.7 Å². The van der Waals surface area contributed by atoms with Crippen molar-refractivity contribution in [1.82, 2.24) is 9.80 Å². The van der Waals surface area contributed by atoms with Gasteiger partial charge in [0.05, 0.1) is 32.5 Å². The third-order valence-corrected chi connectivity index (χ3v) is 7.93. The van der Waals surface area contributed by atoms with E-state index in [2.05, 4.69) is 15.9 Å². The molecule has 0 radical (unpaired) electrons. The van der Waals surface area contributed by atoms with Crippen LogP contribution < -0.4 is 0 Å². The van der Waals surface area contributed by atoms with Crippen LogP contribution in [0.3, 0.4) is 0 Å². The lowest BCUT2D eigenvalue weighted by atomic mass is 9.84.